The van der Waals surface area contributed by atoms with Crippen LogP contribution in [-0.2, 0) is 14.8 Å². The van der Waals surface area contributed by atoms with Gasteiger partial charge in [-0.25, -0.2) is 13.1 Å². The van der Waals surface area contributed by atoms with E-state index in [0.717, 1.165) is 0 Å². The number of aliphatic carboxylic acids is 1. The Morgan fingerprint density at radius 1 is 1.40 bits per heavy atom. The van der Waals surface area contributed by atoms with Gasteiger partial charge in [0.05, 0.1) is 16.9 Å². The fourth-order valence-electron chi connectivity index (χ4n) is 1.41. The first-order valence-electron chi connectivity index (χ1n) is 5.42. The van der Waals surface area contributed by atoms with E-state index >= 15 is 0 Å². The number of hydrogen-bond acceptors (Lipinski definition) is 4. The number of rotatable bonds is 6. The first-order valence-corrected chi connectivity index (χ1v) is 8.49. The Bertz CT molecular complexity index is 615. The number of carboxylic acids is 1. The van der Waals surface area contributed by atoms with Crippen molar-refractivity contribution in [1.29, 1.82) is 0 Å². The van der Waals surface area contributed by atoms with Crippen molar-refractivity contribution in [2.24, 2.45) is 0 Å². The molecule has 1 unspecified atom stereocenters. The molecule has 9 heteroatoms. The average Bonchev–Trinajstić information content (AvgIpc) is 2.24. The smallest absolute Gasteiger partial charge is 0.306 e. The highest BCUT2D eigenvalue weighted by Gasteiger charge is 2.27. The number of hydrogen-bond donors (Lipinski definition) is 3. The molecule has 0 aliphatic rings. The molecule has 6 nitrogen and oxygen atoms in total. The topological polar surface area (TPSA) is 104 Å². The van der Waals surface area contributed by atoms with Gasteiger partial charge in [-0.2, -0.15) is 0 Å². The summed E-state index contributed by atoms with van der Waals surface area (Å²) in [6, 6.07) is 4.53. The van der Waals surface area contributed by atoms with Crippen LogP contribution >= 0.6 is 31.9 Å². The number of benzene rings is 1. The molecule has 1 atom stereocenters. The van der Waals surface area contributed by atoms with E-state index in [-0.39, 0.29) is 4.90 Å². The summed E-state index contributed by atoms with van der Waals surface area (Å²) < 4.78 is 27.4. The summed E-state index contributed by atoms with van der Waals surface area (Å²) in [4.78, 5) is 10.6. The number of nitrogens with one attached hydrogen (secondary N) is 1. The third-order valence-electron chi connectivity index (χ3n) is 2.36. The zero-order chi connectivity index (χ0) is 15.6. The van der Waals surface area contributed by atoms with Gasteiger partial charge in [0, 0.05) is 15.5 Å². The van der Waals surface area contributed by atoms with Gasteiger partial charge in [-0.3, -0.25) is 4.79 Å². The van der Waals surface area contributed by atoms with Gasteiger partial charge in [-0.1, -0.05) is 15.9 Å². The maximum atomic E-state index is 12.1. The third-order valence-corrected chi connectivity index (χ3v) is 5.23. The van der Waals surface area contributed by atoms with Gasteiger partial charge in [0.1, 0.15) is 0 Å². The van der Waals surface area contributed by atoms with Crippen molar-refractivity contribution in [3.05, 3.63) is 27.1 Å². The maximum absolute atomic E-state index is 12.1. The first kappa shape index (κ1) is 17.6. The van der Waals surface area contributed by atoms with Gasteiger partial charge in [0.25, 0.3) is 0 Å². The van der Waals surface area contributed by atoms with Crippen LogP contribution < -0.4 is 4.72 Å². The Balaban J connectivity index is 2.88. The summed E-state index contributed by atoms with van der Waals surface area (Å²) in [7, 11) is -3.85. The van der Waals surface area contributed by atoms with Crippen LogP contribution in [-0.4, -0.2) is 36.7 Å². The Morgan fingerprint density at radius 2 is 2.00 bits per heavy atom. The molecule has 112 valence electrons. The highest BCUT2D eigenvalue weighted by molar-refractivity contribution is 9.11. The van der Waals surface area contributed by atoms with Gasteiger partial charge in [0.2, 0.25) is 10.0 Å². The summed E-state index contributed by atoms with van der Waals surface area (Å²) in [6.45, 7) is 0.852. The van der Waals surface area contributed by atoms with Crippen LogP contribution in [0, 0.1) is 0 Å². The fraction of sp³-hybridized carbons (Fsp3) is 0.364. The highest BCUT2D eigenvalue weighted by atomic mass is 79.9. The van der Waals surface area contributed by atoms with Gasteiger partial charge in [-0.15, -0.1) is 0 Å². The molecular formula is C11H13Br2NO5S. The molecule has 0 spiro atoms. The van der Waals surface area contributed by atoms with Crippen LogP contribution in [0.1, 0.15) is 13.3 Å². The minimum absolute atomic E-state index is 0.00632. The SMILES string of the molecule is CC(O)(CNS(=O)(=O)c1ccc(Br)cc1Br)CC(=O)O. The fourth-order valence-corrected chi connectivity index (χ4v) is 4.32. The number of carbonyl (C=O) groups is 1. The van der Waals surface area contributed by atoms with Gasteiger partial charge in [-0.05, 0) is 41.1 Å². The standard InChI is InChI=1S/C11H13Br2NO5S/c1-11(17,5-10(15)16)6-14-20(18,19)9-3-2-7(12)4-8(9)13/h2-4,14,17H,5-6H2,1H3,(H,15,16). The lowest BCUT2D eigenvalue weighted by molar-refractivity contribution is -0.141. The number of carboxylic acid groups (broad SMARTS) is 1. The zero-order valence-electron chi connectivity index (χ0n) is 10.4. The monoisotopic (exact) mass is 429 g/mol. The number of sulfonamides is 1. The molecule has 0 aliphatic heterocycles. The van der Waals surface area contributed by atoms with Crippen LogP contribution in [0.25, 0.3) is 0 Å². The lowest BCUT2D eigenvalue weighted by Gasteiger charge is -2.21. The van der Waals surface area contributed by atoms with Crippen LogP contribution in [0.3, 0.4) is 0 Å². The molecule has 1 aromatic carbocycles. The van der Waals surface area contributed by atoms with E-state index in [2.05, 4.69) is 36.6 Å². The third kappa shape index (κ3) is 5.13. The number of aliphatic hydroxyl groups is 1. The Morgan fingerprint density at radius 3 is 2.50 bits per heavy atom. The van der Waals surface area contributed by atoms with Gasteiger partial charge >= 0.3 is 5.97 Å². The molecule has 1 rings (SSSR count). The highest BCUT2D eigenvalue weighted by Crippen LogP contribution is 2.25. The summed E-state index contributed by atoms with van der Waals surface area (Å²) in [5, 5.41) is 18.4. The molecular weight excluding hydrogens is 418 g/mol. The first-order chi connectivity index (χ1) is 9.03. The quantitative estimate of drug-likeness (QED) is 0.637. The van der Waals surface area contributed by atoms with Crippen LogP contribution in [0.4, 0.5) is 0 Å². The van der Waals surface area contributed by atoms with Crippen molar-refractivity contribution in [3.8, 4) is 0 Å². The molecule has 20 heavy (non-hydrogen) atoms. The molecule has 0 aromatic heterocycles. The van der Waals surface area contributed by atoms with Gasteiger partial charge < -0.3 is 10.2 Å². The van der Waals surface area contributed by atoms with Crippen molar-refractivity contribution < 1.29 is 23.4 Å². The minimum atomic E-state index is -3.85. The molecule has 0 fully saturated rings. The van der Waals surface area contributed by atoms with Crippen LogP contribution in [0.5, 0.6) is 0 Å². The number of halogens is 2. The summed E-state index contributed by atoms with van der Waals surface area (Å²) in [5.41, 5.74) is -1.67. The molecule has 0 heterocycles. The molecule has 0 saturated heterocycles. The predicted octanol–water partition coefficient (Wildman–Crippen LogP) is 1.72. The van der Waals surface area contributed by atoms with E-state index in [1.165, 1.54) is 13.0 Å². The molecule has 0 aliphatic carbocycles. The summed E-state index contributed by atoms with van der Waals surface area (Å²) in [6.07, 6.45) is -0.559. The molecule has 0 radical (unpaired) electrons. The van der Waals surface area contributed by atoms with Crippen molar-refractivity contribution in [1.82, 2.24) is 4.72 Å². The van der Waals surface area contributed by atoms with E-state index in [0.29, 0.717) is 8.95 Å². The van der Waals surface area contributed by atoms with E-state index in [4.69, 9.17) is 5.11 Å². The summed E-state index contributed by atoms with van der Waals surface area (Å²) >= 11 is 6.35. The molecule has 0 saturated carbocycles. The Kier molecular flexibility index (Phi) is 5.73. The second-order valence-corrected chi connectivity index (χ2v) is 7.97. The predicted molar refractivity (Wildman–Crippen MR) is 79.9 cm³/mol. The Labute approximate surface area is 133 Å². The normalized spacial score (nSPS) is 14.8. The van der Waals surface area contributed by atoms with E-state index in [1.54, 1.807) is 12.1 Å². The van der Waals surface area contributed by atoms with Crippen molar-refractivity contribution in [2.45, 2.75) is 23.8 Å². The molecule has 1 aromatic rings. The van der Waals surface area contributed by atoms with Crippen molar-refractivity contribution >= 4 is 47.9 Å². The molecule has 0 amide bonds. The van der Waals surface area contributed by atoms with Crippen LogP contribution in [0.15, 0.2) is 32.0 Å². The van der Waals surface area contributed by atoms with Crippen molar-refractivity contribution in [2.75, 3.05) is 6.54 Å². The van der Waals surface area contributed by atoms with E-state index in [1.807, 2.05) is 0 Å². The lowest BCUT2D eigenvalue weighted by Crippen LogP contribution is -2.42. The Hall–Kier alpha value is -0.480. The second kappa shape index (κ2) is 6.52. The largest absolute Gasteiger partial charge is 0.481 e. The maximum Gasteiger partial charge on any atom is 0.306 e. The molecule has 0 bridgehead atoms. The minimum Gasteiger partial charge on any atom is -0.481 e. The molecule has 3 N–H and O–H groups in total. The van der Waals surface area contributed by atoms with Crippen molar-refractivity contribution in [3.63, 3.8) is 0 Å². The zero-order valence-corrected chi connectivity index (χ0v) is 14.4. The van der Waals surface area contributed by atoms with E-state index < -0.39 is 34.6 Å². The van der Waals surface area contributed by atoms with Crippen LogP contribution in [0.2, 0.25) is 0 Å². The van der Waals surface area contributed by atoms with Gasteiger partial charge in [0.15, 0.2) is 0 Å². The second-order valence-electron chi connectivity index (χ2n) is 4.47. The lowest BCUT2D eigenvalue weighted by atomic mass is 10.0. The average molecular weight is 431 g/mol. The summed E-state index contributed by atoms with van der Waals surface area (Å²) in [5.74, 6) is -1.21. The van der Waals surface area contributed by atoms with E-state index in [9.17, 15) is 18.3 Å².